The lowest BCUT2D eigenvalue weighted by Gasteiger charge is -2.10. The van der Waals surface area contributed by atoms with Gasteiger partial charge in [-0.15, -0.1) is 12.4 Å². The van der Waals surface area contributed by atoms with Crippen molar-refractivity contribution in [2.45, 2.75) is 0 Å². The van der Waals surface area contributed by atoms with Crippen molar-refractivity contribution in [3.05, 3.63) is 89.4 Å². The van der Waals surface area contributed by atoms with Crippen molar-refractivity contribution in [1.82, 2.24) is 4.98 Å². The Bertz CT molecular complexity index is 983. The van der Waals surface area contributed by atoms with E-state index in [-0.39, 0.29) is 12.4 Å². The summed E-state index contributed by atoms with van der Waals surface area (Å²) < 4.78 is 1.06. The van der Waals surface area contributed by atoms with Gasteiger partial charge in [-0.1, -0.05) is 76.6 Å². The van der Waals surface area contributed by atoms with Crippen molar-refractivity contribution in [1.29, 1.82) is 0 Å². The largest absolute Gasteiger partial charge is 0.248 e. The molecule has 3 heteroatoms. The quantitative estimate of drug-likeness (QED) is 0.365. The van der Waals surface area contributed by atoms with Crippen LogP contribution in [0.25, 0.3) is 33.3 Å². The van der Waals surface area contributed by atoms with E-state index in [1.54, 1.807) is 0 Å². The Kier molecular flexibility index (Phi) is 4.98. The third-order valence-corrected chi connectivity index (χ3v) is 4.41. The number of para-hydroxylation sites is 1. The zero-order valence-corrected chi connectivity index (χ0v) is 15.2. The molecule has 0 radical (unpaired) electrons. The first-order chi connectivity index (χ1) is 11.3. The minimum atomic E-state index is 0. The molecule has 0 bridgehead atoms. The van der Waals surface area contributed by atoms with Crippen LogP contribution in [0.15, 0.2) is 89.4 Å². The number of pyridine rings is 1. The Morgan fingerprint density at radius 3 is 2.17 bits per heavy atom. The Morgan fingerprint density at radius 1 is 0.667 bits per heavy atom. The van der Waals surface area contributed by atoms with Gasteiger partial charge in [-0.2, -0.15) is 0 Å². The Balaban J connectivity index is 0.00000169. The SMILES string of the molecule is Brc1cccc(-c2cc(-c3ccccc3)c3ccccc3n2)c1.Cl. The molecule has 0 saturated heterocycles. The lowest BCUT2D eigenvalue weighted by Crippen LogP contribution is -1.89. The van der Waals surface area contributed by atoms with Crippen LogP contribution in [0.5, 0.6) is 0 Å². The molecule has 0 N–H and O–H groups in total. The minimum Gasteiger partial charge on any atom is -0.248 e. The highest BCUT2D eigenvalue weighted by Crippen LogP contribution is 2.32. The Labute approximate surface area is 155 Å². The molecule has 1 heterocycles. The summed E-state index contributed by atoms with van der Waals surface area (Å²) in [5.74, 6) is 0. The van der Waals surface area contributed by atoms with Crippen LogP contribution in [-0.2, 0) is 0 Å². The third kappa shape index (κ3) is 3.21. The van der Waals surface area contributed by atoms with Crippen molar-refractivity contribution in [3.63, 3.8) is 0 Å². The molecule has 0 saturated carbocycles. The summed E-state index contributed by atoms with van der Waals surface area (Å²) in [4.78, 5) is 4.85. The van der Waals surface area contributed by atoms with E-state index < -0.39 is 0 Å². The van der Waals surface area contributed by atoms with Gasteiger partial charge in [0.25, 0.3) is 0 Å². The smallest absolute Gasteiger partial charge is 0.0716 e. The van der Waals surface area contributed by atoms with Crippen molar-refractivity contribution in [2.24, 2.45) is 0 Å². The molecule has 0 amide bonds. The molecule has 0 unspecified atom stereocenters. The van der Waals surface area contributed by atoms with Crippen LogP contribution < -0.4 is 0 Å². The van der Waals surface area contributed by atoms with Gasteiger partial charge in [-0.25, -0.2) is 4.98 Å². The number of nitrogens with zero attached hydrogens (tertiary/aromatic N) is 1. The standard InChI is InChI=1S/C21H14BrN.ClH/c22-17-10-6-9-16(13-17)21-14-19(15-7-2-1-3-8-15)18-11-4-5-12-20(18)23-21;/h1-14H;1H. The van der Waals surface area contributed by atoms with E-state index in [4.69, 9.17) is 4.98 Å². The van der Waals surface area contributed by atoms with E-state index in [1.165, 1.54) is 16.5 Å². The summed E-state index contributed by atoms with van der Waals surface area (Å²) in [5, 5.41) is 1.18. The molecule has 4 rings (SSSR count). The highest BCUT2D eigenvalue weighted by atomic mass is 79.9. The molecule has 1 nitrogen and oxygen atoms in total. The van der Waals surface area contributed by atoms with Gasteiger partial charge in [0.1, 0.15) is 0 Å². The van der Waals surface area contributed by atoms with E-state index in [0.29, 0.717) is 0 Å². The van der Waals surface area contributed by atoms with Crippen molar-refractivity contribution < 1.29 is 0 Å². The number of halogens is 2. The lowest BCUT2D eigenvalue weighted by atomic mass is 9.98. The van der Waals surface area contributed by atoms with Crippen LogP contribution in [0, 0.1) is 0 Å². The first-order valence-electron chi connectivity index (χ1n) is 7.52. The van der Waals surface area contributed by atoms with Gasteiger partial charge in [0.05, 0.1) is 11.2 Å². The highest BCUT2D eigenvalue weighted by molar-refractivity contribution is 9.10. The third-order valence-electron chi connectivity index (χ3n) is 3.92. The number of fused-ring (bicyclic) bond motifs is 1. The molecule has 0 spiro atoms. The van der Waals surface area contributed by atoms with E-state index in [9.17, 15) is 0 Å². The van der Waals surface area contributed by atoms with Crippen LogP contribution in [0.1, 0.15) is 0 Å². The van der Waals surface area contributed by atoms with Crippen LogP contribution in [0.2, 0.25) is 0 Å². The molecule has 24 heavy (non-hydrogen) atoms. The number of aromatic nitrogens is 1. The number of rotatable bonds is 2. The molecule has 0 aliphatic carbocycles. The van der Waals surface area contributed by atoms with Crippen LogP contribution in [0.4, 0.5) is 0 Å². The molecule has 0 fully saturated rings. The average Bonchev–Trinajstić information content (AvgIpc) is 2.61. The summed E-state index contributed by atoms with van der Waals surface area (Å²) in [6, 6.07) is 29.2. The van der Waals surface area contributed by atoms with Crippen LogP contribution in [-0.4, -0.2) is 4.98 Å². The fourth-order valence-corrected chi connectivity index (χ4v) is 3.23. The second kappa shape index (κ2) is 7.16. The summed E-state index contributed by atoms with van der Waals surface area (Å²) in [6.07, 6.45) is 0. The summed E-state index contributed by atoms with van der Waals surface area (Å²) >= 11 is 3.54. The Hall–Kier alpha value is -2.16. The maximum atomic E-state index is 4.85. The van der Waals surface area contributed by atoms with Gasteiger partial charge in [0.2, 0.25) is 0 Å². The topological polar surface area (TPSA) is 12.9 Å². The first kappa shape index (κ1) is 16.7. The number of hydrogen-bond acceptors (Lipinski definition) is 1. The predicted molar refractivity (Wildman–Crippen MR) is 108 cm³/mol. The van der Waals surface area contributed by atoms with E-state index in [0.717, 1.165) is 21.2 Å². The lowest BCUT2D eigenvalue weighted by molar-refractivity contribution is 1.39. The minimum absolute atomic E-state index is 0. The molecule has 0 aliphatic heterocycles. The van der Waals surface area contributed by atoms with Crippen molar-refractivity contribution in [2.75, 3.05) is 0 Å². The molecule has 0 aliphatic rings. The van der Waals surface area contributed by atoms with Gasteiger partial charge in [-0.3, -0.25) is 0 Å². The van der Waals surface area contributed by atoms with Gasteiger partial charge < -0.3 is 0 Å². The van der Waals surface area contributed by atoms with E-state index in [2.05, 4.69) is 76.6 Å². The summed E-state index contributed by atoms with van der Waals surface area (Å²) in [5.41, 5.74) is 5.54. The van der Waals surface area contributed by atoms with Crippen molar-refractivity contribution in [3.8, 4) is 22.4 Å². The molecule has 4 aromatic rings. The second-order valence-electron chi connectivity index (χ2n) is 5.45. The molecule has 1 aromatic heterocycles. The Morgan fingerprint density at radius 2 is 1.38 bits per heavy atom. The van der Waals surface area contributed by atoms with Gasteiger partial charge in [-0.05, 0) is 35.4 Å². The van der Waals surface area contributed by atoms with E-state index >= 15 is 0 Å². The molecular formula is C21H15BrClN. The van der Waals surface area contributed by atoms with Gasteiger partial charge in [0.15, 0.2) is 0 Å². The first-order valence-corrected chi connectivity index (χ1v) is 8.32. The van der Waals surface area contributed by atoms with Gasteiger partial charge >= 0.3 is 0 Å². The maximum Gasteiger partial charge on any atom is 0.0716 e. The molecular weight excluding hydrogens is 382 g/mol. The van der Waals surface area contributed by atoms with Crippen molar-refractivity contribution >= 4 is 39.2 Å². The zero-order valence-electron chi connectivity index (χ0n) is 12.8. The van der Waals surface area contributed by atoms with Gasteiger partial charge in [0, 0.05) is 15.4 Å². The monoisotopic (exact) mass is 395 g/mol. The number of benzene rings is 3. The second-order valence-corrected chi connectivity index (χ2v) is 6.36. The number of hydrogen-bond donors (Lipinski definition) is 0. The summed E-state index contributed by atoms with van der Waals surface area (Å²) in [7, 11) is 0. The van der Waals surface area contributed by atoms with Crippen LogP contribution in [0.3, 0.4) is 0 Å². The predicted octanol–water partition coefficient (Wildman–Crippen LogP) is 6.75. The normalized spacial score (nSPS) is 10.4. The highest BCUT2D eigenvalue weighted by Gasteiger charge is 2.09. The van der Waals surface area contributed by atoms with E-state index in [1.807, 2.05) is 24.3 Å². The molecule has 0 atom stereocenters. The zero-order chi connectivity index (χ0) is 15.6. The molecule has 118 valence electrons. The summed E-state index contributed by atoms with van der Waals surface area (Å²) in [6.45, 7) is 0. The fourth-order valence-electron chi connectivity index (χ4n) is 2.83. The molecule has 3 aromatic carbocycles. The maximum absolute atomic E-state index is 4.85. The van der Waals surface area contributed by atoms with Crippen LogP contribution >= 0.6 is 28.3 Å². The fraction of sp³-hybridized carbons (Fsp3) is 0. The average molecular weight is 397 g/mol.